The third kappa shape index (κ3) is 3.20. The molecule has 10 heteroatoms. The van der Waals surface area contributed by atoms with Gasteiger partial charge in [-0.1, -0.05) is 12.1 Å². The fraction of sp³-hybridized carbons (Fsp3) is 0.389. The Morgan fingerprint density at radius 3 is 2.61 bits per heavy atom. The van der Waals surface area contributed by atoms with Crippen LogP contribution in [0.3, 0.4) is 0 Å². The number of fused-ring (bicyclic) bond motifs is 1. The molecule has 1 fully saturated rings. The van der Waals surface area contributed by atoms with Gasteiger partial charge in [0.2, 0.25) is 0 Å². The highest BCUT2D eigenvalue weighted by Crippen LogP contribution is 2.32. The second-order valence-corrected chi connectivity index (χ2v) is 6.69. The van der Waals surface area contributed by atoms with E-state index >= 15 is 0 Å². The summed E-state index contributed by atoms with van der Waals surface area (Å²) in [5, 5.41) is 32.7. The summed E-state index contributed by atoms with van der Waals surface area (Å²) in [4.78, 5) is 12.8. The van der Waals surface area contributed by atoms with E-state index in [1.165, 1.54) is 29.4 Å². The average Bonchev–Trinajstić information content (AvgIpc) is 3.24. The highest BCUT2D eigenvalue weighted by atomic mass is 19.1. The minimum Gasteiger partial charge on any atom is -0.394 e. The number of hydrogen-bond acceptors (Lipinski definition) is 8. The number of ether oxygens (including phenoxy) is 1. The first-order valence-electron chi connectivity index (χ1n) is 8.81. The Morgan fingerprint density at radius 2 is 1.93 bits per heavy atom. The van der Waals surface area contributed by atoms with Crippen LogP contribution in [0.2, 0.25) is 0 Å². The van der Waals surface area contributed by atoms with Gasteiger partial charge in [-0.15, -0.1) is 0 Å². The summed E-state index contributed by atoms with van der Waals surface area (Å²) in [6.45, 7) is 1.49. The summed E-state index contributed by atoms with van der Waals surface area (Å²) < 4.78 is 20.2. The van der Waals surface area contributed by atoms with Crippen LogP contribution in [0.15, 0.2) is 36.9 Å². The molecule has 0 saturated carbocycles. The Bertz CT molecular complexity index is 966. The molecule has 148 valence electrons. The SMILES string of the molecule is CC(Nc1ncnc2c1ncn2[C@@H]1O[C@H](CO)[C@@H](O)[C@H]1O)c1ccc(F)cc1. The van der Waals surface area contributed by atoms with E-state index < -0.39 is 31.1 Å². The van der Waals surface area contributed by atoms with Gasteiger partial charge in [-0.2, -0.15) is 0 Å². The van der Waals surface area contributed by atoms with Gasteiger partial charge in [-0.05, 0) is 24.6 Å². The monoisotopic (exact) mass is 389 g/mol. The lowest BCUT2D eigenvalue weighted by Gasteiger charge is -2.17. The Hall–Kier alpha value is -2.66. The zero-order valence-corrected chi connectivity index (χ0v) is 15.0. The van der Waals surface area contributed by atoms with Crippen molar-refractivity contribution < 1.29 is 24.4 Å². The molecule has 0 bridgehead atoms. The van der Waals surface area contributed by atoms with Gasteiger partial charge in [0.25, 0.3) is 0 Å². The Balaban J connectivity index is 1.63. The predicted molar refractivity (Wildman–Crippen MR) is 96.8 cm³/mol. The van der Waals surface area contributed by atoms with Crippen molar-refractivity contribution in [2.24, 2.45) is 0 Å². The molecule has 5 atom stereocenters. The molecule has 0 amide bonds. The van der Waals surface area contributed by atoms with Gasteiger partial charge >= 0.3 is 0 Å². The normalized spacial score (nSPS) is 25.9. The van der Waals surface area contributed by atoms with Crippen molar-refractivity contribution in [3.05, 3.63) is 48.3 Å². The summed E-state index contributed by atoms with van der Waals surface area (Å²) in [7, 11) is 0. The van der Waals surface area contributed by atoms with Crippen molar-refractivity contribution in [3.63, 3.8) is 0 Å². The maximum Gasteiger partial charge on any atom is 0.167 e. The Labute approximate surface area is 159 Å². The van der Waals surface area contributed by atoms with Crippen LogP contribution in [0.1, 0.15) is 24.8 Å². The van der Waals surface area contributed by atoms with Crippen LogP contribution in [0.4, 0.5) is 10.2 Å². The number of aliphatic hydroxyl groups excluding tert-OH is 3. The number of rotatable bonds is 5. The van der Waals surface area contributed by atoms with E-state index in [9.17, 15) is 19.7 Å². The fourth-order valence-corrected chi connectivity index (χ4v) is 3.29. The van der Waals surface area contributed by atoms with Crippen LogP contribution in [0.25, 0.3) is 11.2 Å². The van der Waals surface area contributed by atoms with Crippen molar-refractivity contribution >= 4 is 17.0 Å². The molecule has 0 radical (unpaired) electrons. The lowest BCUT2D eigenvalue weighted by Crippen LogP contribution is -2.33. The summed E-state index contributed by atoms with van der Waals surface area (Å²) >= 11 is 0. The molecule has 1 unspecified atom stereocenters. The molecular formula is C18H20FN5O4. The first kappa shape index (κ1) is 18.7. The summed E-state index contributed by atoms with van der Waals surface area (Å²) in [6.07, 6.45) is -1.50. The fourth-order valence-electron chi connectivity index (χ4n) is 3.29. The Morgan fingerprint density at radius 1 is 1.18 bits per heavy atom. The van der Waals surface area contributed by atoms with Gasteiger partial charge in [0.15, 0.2) is 23.2 Å². The minimum absolute atomic E-state index is 0.169. The van der Waals surface area contributed by atoms with Gasteiger partial charge in [-0.25, -0.2) is 19.3 Å². The van der Waals surface area contributed by atoms with Crippen LogP contribution in [-0.4, -0.2) is 59.8 Å². The largest absolute Gasteiger partial charge is 0.394 e. The number of hydrogen-bond donors (Lipinski definition) is 4. The van der Waals surface area contributed by atoms with Crippen LogP contribution in [0, 0.1) is 5.82 Å². The van der Waals surface area contributed by atoms with Gasteiger partial charge in [0.1, 0.15) is 30.5 Å². The predicted octanol–water partition coefficient (Wildman–Crippen LogP) is 0.750. The zero-order chi connectivity index (χ0) is 19.8. The summed E-state index contributed by atoms with van der Waals surface area (Å²) in [5.41, 5.74) is 1.73. The smallest absolute Gasteiger partial charge is 0.167 e. The van der Waals surface area contributed by atoms with Crippen LogP contribution < -0.4 is 5.32 Å². The number of halogens is 1. The standard InChI is InChI=1S/C18H20FN5O4/c1-9(10-2-4-11(19)5-3-10)23-16-13-17(21-7-20-16)24(8-22-13)18-15(27)14(26)12(6-25)28-18/h2-5,7-9,12,14-15,18,25-27H,6H2,1H3,(H,20,21,23)/t9?,12-,14-,15-,18-/m1/s1. The molecule has 3 heterocycles. The molecule has 1 aliphatic rings. The molecule has 1 aliphatic heterocycles. The molecule has 9 nitrogen and oxygen atoms in total. The molecule has 4 rings (SSSR count). The molecule has 0 aliphatic carbocycles. The van der Waals surface area contributed by atoms with Crippen LogP contribution in [0.5, 0.6) is 0 Å². The number of nitrogens with one attached hydrogen (secondary N) is 1. The third-order valence-electron chi connectivity index (χ3n) is 4.87. The van der Waals surface area contributed by atoms with E-state index in [2.05, 4.69) is 20.3 Å². The second-order valence-electron chi connectivity index (χ2n) is 6.69. The number of benzene rings is 1. The van der Waals surface area contributed by atoms with Gasteiger partial charge < -0.3 is 25.4 Å². The van der Waals surface area contributed by atoms with Crippen LogP contribution >= 0.6 is 0 Å². The molecule has 0 spiro atoms. The van der Waals surface area contributed by atoms with E-state index in [1.54, 1.807) is 12.1 Å². The molecule has 4 N–H and O–H groups in total. The molecule has 3 aromatic rings. The van der Waals surface area contributed by atoms with E-state index in [-0.39, 0.29) is 11.9 Å². The van der Waals surface area contributed by atoms with Crippen molar-refractivity contribution in [3.8, 4) is 0 Å². The summed E-state index contributed by atoms with van der Waals surface area (Å²) in [5.74, 6) is 0.157. The first-order chi connectivity index (χ1) is 13.5. The van der Waals surface area contributed by atoms with Gasteiger partial charge in [0, 0.05) is 0 Å². The maximum atomic E-state index is 13.1. The molecule has 2 aromatic heterocycles. The van der Waals surface area contributed by atoms with Crippen molar-refractivity contribution in [2.45, 2.75) is 37.5 Å². The van der Waals surface area contributed by atoms with E-state index in [0.717, 1.165) is 5.56 Å². The average molecular weight is 389 g/mol. The third-order valence-corrected chi connectivity index (χ3v) is 4.87. The van der Waals surface area contributed by atoms with E-state index in [4.69, 9.17) is 4.74 Å². The Kier molecular flexibility index (Phi) is 4.94. The first-order valence-corrected chi connectivity index (χ1v) is 8.81. The highest BCUT2D eigenvalue weighted by Gasteiger charge is 2.44. The second kappa shape index (κ2) is 7.40. The minimum atomic E-state index is -1.24. The maximum absolute atomic E-state index is 13.1. The van der Waals surface area contributed by atoms with Crippen molar-refractivity contribution in [1.82, 2.24) is 19.5 Å². The lowest BCUT2D eigenvalue weighted by atomic mass is 10.1. The molecule has 1 saturated heterocycles. The zero-order valence-electron chi connectivity index (χ0n) is 15.0. The highest BCUT2D eigenvalue weighted by molar-refractivity contribution is 5.82. The van der Waals surface area contributed by atoms with Crippen molar-refractivity contribution in [2.75, 3.05) is 11.9 Å². The quantitative estimate of drug-likeness (QED) is 0.504. The lowest BCUT2D eigenvalue weighted by molar-refractivity contribution is -0.0511. The van der Waals surface area contributed by atoms with E-state index in [1.807, 2.05) is 6.92 Å². The van der Waals surface area contributed by atoms with E-state index in [0.29, 0.717) is 17.0 Å². The number of anilines is 1. The number of aromatic nitrogens is 4. The molecule has 1 aromatic carbocycles. The van der Waals surface area contributed by atoms with Gasteiger partial charge in [0.05, 0.1) is 19.0 Å². The number of nitrogens with zero attached hydrogens (tertiary/aromatic N) is 4. The van der Waals surface area contributed by atoms with Gasteiger partial charge in [-0.3, -0.25) is 4.57 Å². The number of aliphatic hydroxyl groups is 3. The van der Waals surface area contributed by atoms with Crippen molar-refractivity contribution in [1.29, 1.82) is 0 Å². The molecular weight excluding hydrogens is 369 g/mol. The topological polar surface area (TPSA) is 126 Å². The number of imidazole rings is 1. The molecule has 28 heavy (non-hydrogen) atoms. The summed E-state index contributed by atoms with van der Waals surface area (Å²) in [6, 6.07) is 5.98. The van der Waals surface area contributed by atoms with Crippen LogP contribution in [-0.2, 0) is 4.74 Å².